The molecule has 2 rings (SSSR count). The van der Waals surface area contributed by atoms with E-state index in [-0.39, 0.29) is 5.43 Å². The third kappa shape index (κ3) is 3.05. The van der Waals surface area contributed by atoms with E-state index in [1.165, 1.54) is 0 Å². The Bertz CT molecular complexity index is 695. The summed E-state index contributed by atoms with van der Waals surface area (Å²) in [6.07, 6.45) is 0. The van der Waals surface area contributed by atoms with E-state index in [2.05, 4.69) is 10.4 Å². The number of hydrogen-bond donors (Lipinski definition) is 1. The number of rotatable bonds is 5. The highest BCUT2D eigenvalue weighted by atomic mass is 16.5. The Morgan fingerprint density at radius 3 is 2.62 bits per heavy atom. The Morgan fingerprint density at radius 1 is 1.24 bits per heavy atom. The van der Waals surface area contributed by atoms with E-state index in [0.717, 1.165) is 11.4 Å². The molecule has 6 nitrogen and oxygen atoms in total. The van der Waals surface area contributed by atoms with Crippen LogP contribution >= 0.6 is 0 Å². The monoisotopic (exact) mass is 289 g/mol. The predicted octanol–water partition coefficient (Wildman–Crippen LogP) is 1.28. The number of methoxy groups -OCH3 is 2. The minimum Gasteiger partial charge on any atom is -0.497 e. The molecule has 1 N–H and O–H groups in total. The molecule has 0 unspecified atom stereocenters. The van der Waals surface area contributed by atoms with Gasteiger partial charge >= 0.3 is 0 Å². The van der Waals surface area contributed by atoms with Gasteiger partial charge in [-0.1, -0.05) is 0 Å². The molecule has 0 spiro atoms. The summed E-state index contributed by atoms with van der Waals surface area (Å²) in [4.78, 5) is 11.9. The number of aryl methyl sites for hydroxylation is 1. The first kappa shape index (κ1) is 15.1. The molecule has 21 heavy (non-hydrogen) atoms. The van der Waals surface area contributed by atoms with E-state index in [9.17, 15) is 4.79 Å². The van der Waals surface area contributed by atoms with Gasteiger partial charge in [0.1, 0.15) is 22.9 Å². The maximum Gasteiger partial charge on any atom is 0.204 e. The second-order valence-electron chi connectivity index (χ2n) is 4.58. The highest BCUT2D eigenvalue weighted by Crippen LogP contribution is 2.27. The van der Waals surface area contributed by atoms with Crippen molar-refractivity contribution in [1.29, 1.82) is 0 Å². The van der Waals surface area contributed by atoms with Gasteiger partial charge in [-0.3, -0.25) is 4.79 Å². The summed E-state index contributed by atoms with van der Waals surface area (Å²) >= 11 is 0. The van der Waals surface area contributed by atoms with Crippen molar-refractivity contribution < 1.29 is 9.47 Å². The van der Waals surface area contributed by atoms with Crippen molar-refractivity contribution in [2.24, 2.45) is 0 Å². The summed E-state index contributed by atoms with van der Waals surface area (Å²) in [6, 6.07) is 7.04. The molecule has 0 saturated heterocycles. The van der Waals surface area contributed by atoms with Gasteiger partial charge in [-0.2, -0.15) is 5.10 Å². The molecule has 0 radical (unpaired) electrons. The maximum atomic E-state index is 11.9. The highest BCUT2D eigenvalue weighted by molar-refractivity contribution is 5.51. The topological polar surface area (TPSA) is 65.4 Å². The molecule has 0 aliphatic heterocycles. The summed E-state index contributed by atoms with van der Waals surface area (Å²) in [5, 5.41) is 7.36. The lowest BCUT2D eigenvalue weighted by Crippen LogP contribution is -2.23. The van der Waals surface area contributed by atoms with Gasteiger partial charge in [0, 0.05) is 24.4 Å². The first-order valence-electron chi connectivity index (χ1n) is 6.57. The number of hydrogen-bond acceptors (Lipinski definition) is 5. The summed E-state index contributed by atoms with van der Waals surface area (Å²) in [5.41, 5.74) is 1.88. The minimum absolute atomic E-state index is 0.0782. The van der Waals surface area contributed by atoms with Gasteiger partial charge in [0.25, 0.3) is 0 Å². The largest absolute Gasteiger partial charge is 0.497 e. The second kappa shape index (κ2) is 6.41. The Labute approximate surface area is 123 Å². The fourth-order valence-electron chi connectivity index (χ4n) is 2.08. The molecule has 0 aliphatic carbocycles. The van der Waals surface area contributed by atoms with Crippen molar-refractivity contribution in [2.45, 2.75) is 13.5 Å². The van der Waals surface area contributed by atoms with E-state index in [1.807, 2.05) is 19.1 Å². The molecular formula is C15H19N3O3. The van der Waals surface area contributed by atoms with Gasteiger partial charge in [-0.25, -0.2) is 4.68 Å². The lowest BCUT2D eigenvalue weighted by molar-refractivity contribution is 0.392. The summed E-state index contributed by atoms with van der Waals surface area (Å²) in [6.45, 7) is 2.25. The first-order valence-corrected chi connectivity index (χ1v) is 6.57. The Kier molecular flexibility index (Phi) is 4.59. The van der Waals surface area contributed by atoms with Crippen molar-refractivity contribution >= 4 is 0 Å². The van der Waals surface area contributed by atoms with Gasteiger partial charge < -0.3 is 14.8 Å². The Hall–Kier alpha value is -2.34. The molecule has 0 fully saturated rings. The summed E-state index contributed by atoms with van der Waals surface area (Å²) in [5.74, 6) is 1.33. The molecule has 112 valence electrons. The van der Waals surface area contributed by atoms with Crippen LogP contribution in [0.3, 0.4) is 0 Å². The predicted molar refractivity (Wildman–Crippen MR) is 80.4 cm³/mol. The zero-order valence-corrected chi connectivity index (χ0v) is 12.6. The molecule has 1 aromatic carbocycles. The quantitative estimate of drug-likeness (QED) is 0.898. The molecule has 1 heterocycles. The van der Waals surface area contributed by atoms with Crippen LogP contribution in [0.2, 0.25) is 0 Å². The van der Waals surface area contributed by atoms with Crippen LogP contribution < -0.4 is 20.2 Å². The zero-order chi connectivity index (χ0) is 15.4. The van der Waals surface area contributed by atoms with E-state index in [0.29, 0.717) is 23.7 Å². The smallest absolute Gasteiger partial charge is 0.204 e. The Morgan fingerprint density at radius 2 is 2.00 bits per heavy atom. The molecule has 1 aromatic heterocycles. The lowest BCUT2D eigenvalue weighted by atomic mass is 10.2. The van der Waals surface area contributed by atoms with E-state index in [4.69, 9.17) is 9.47 Å². The SMILES string of the molecule is CNCc1nn(-c2ccc(OC)cc2OC)c(C)cc1=O. The van der Waals surface area contributed by atoms with Crippen LogP contribution in [-0.2, 0) is 6.54 Å². The van der Waals surface area contributed by atoms with Crippen molar-refractivity contribution in [2.75, 3.05) is 21.3 Å². The van der Waals surface area contributed by atoms with Crippen LogP contribution in [0.5, 0.6) is 11.5 Å². The molecular weight excluding hydrogens is 270 g/mol. The molecule has 6 heteroatoms. The number of nitrogens with one attached hydrogen (secondary N) is 1. The maximum absolute atomic E-state index is 11.9. The second-order valence-corrected chi connectivity index (χ2v) is 4.58. The van der Waals surface area contributed by atoms with Crippen LogP contribution in [0.15, 0.2) is 29.1 Å². The highest BCUT2D eigenvalue weighted by Gasteiger charge is 2.12. The molecule has 0 amide bonds. The van der Waals surface area contributed by atoms with Crippen LogP contribution in [0, 0.1) is 6.92 Å². The first-order chi connectivity index (χ1) is 10.1. The average Bonchev–Trinajstić information content (AvgIpc) is 2.49. The van der Waals surface area contributed by atoms with Crippen molar-refractivity contribution in [1.82, 2.24) is 15.1 Å². The molecule has 0 bridgehead atoms. The summed E-state index contributed by atoms with van der Waals surface area (Å²) < 4.78 is 12.3. The number of nitrogens with zero attached hydrogens (tertiary/aromatic N) is 2. The van der Waals surface area contributed by atoms with E-state index in [1.54, 1.807) is 38.1 Å². The van der Waals surface area contributed by atoms with Crippen LogP contribution in [0.25, 0.3) is 5.69 Å². The third-order valence-electron chi connectivity index (χ3n) is 3.14. The normalized spacial score (nSPS) is 10.5. The van der Waals surface area contributed by atoms with Gasteiger partial charge in [-0.05, 0) is 26.1 Å². The fourth-order valence-corrected chi connectivity index (χ4v) is 2.08. The molecule has 0 atom stereocenters. The van der Waals surface area contributed by atoms with Gasteiger partial charge in [-0.15, -0.1) is 0 Å². The molecule has 0 aliphatic rings. The van der Waals surface area contributed by atoms with Gasteiger partial charge in [0.05, 0.1) is 14.2 Å². The fraction of sp³-hybridized carbons (Fsp3) is 0.333. The van der Waals surface area contributed by atoms with Crippen LogP contribution in [0.4, 0.5) is 0 Å². The van der Waals surface area contributed by atoms with Crippen molar-refractivity contribution in [3.05, 3.63) is 45.9 Å². The zero-order valence-electron chi connectivity index (χ0n) is 12.6. The lowest BCUT2D eigenvalue weighted by Gasteiger charge is -2.15. The van der Waals surface area contributed by atoms with E-state index >= 15 is 0 Å². The van der Waals surface area contributed by atoms with Crippen LogP contribution in [0.1, 0.15) is 11.4 Å². The van der Waals surface area contributed by atoms with E-state index < -0.39 is 0 Å². The standard InChI is InChI=1S/C15H19N3O3/c1-10-7-14(19)12(9-16-2)17-18(10)13-6-5-11(20-3)8-15(13)21-4/h5-8,16H,9H2,1-4H3. The van der Waals surface area contributed by atoms with Crippen LogP contribution in [-0.4, -0.2) is 31.0 Å². The third-order valence-corrected chi connectivity index (χ3v) is 3.14. The Balaban J connectivity index is 2.60. The molecule has 0 saturated carbocycles. The number of aromatic nitrogens is 2. The average molecular weight is 289 g/mol. The van der Waals surface area contributed by atoms with Crippen molar-refractivity contribution in [3.8, 4) is 17.2 Å². The number of benzene rings is 1. The van der Waals surface area contributed by atoms with Gasteiger partial charge in [0.15, 0.2) is 0 Å². The summed E-state index contributed by atoms with van der Waals surface area (Å²) in [7, 11) is 4.96. The minimum atomic E-state index is -0.0782. The molecule has 2 aromatic rings. The van der Waals surface area contributed by atoms with Gasteiger partial charge in [0.2, 0.25) is 5.43 Å². The van der Waals surface area contributed by atoms with Crippen molar-refractivity contribution in [3.63, 3.8) is 0 Å². The number of ether oxygens (including phenoxy) is 2.